The van der Waals surface area contributed by atoms with E-state index in [2.05, 4.69) is 53.2 Å². The van der Waals surface area contributed by atoms with Gasteiger partial charge in [-0.15, -0.1) is 0 Å². The number of carbonyl (C=O) groups is 14. The number of rotatable bonds is 43. The summed E-state index contributed by atoms with van der Waals surface area (Å²) in [4.78, 5) is 198. The molecule has 39 nitrogen and oxygen atoms in total. The van der Waals surface area contributed by atoms with Crippen molar-refractivity contribution >= 4 is 82.8 Å². The van der Waals surface area contributed by atoms with E-state index in [4.69, 9.17) is 33.8 Å². The van der Waals surface area contributed by atoms with Crippen LogP contribution in [0.3, 0.4) is 0 Å². The lowest BCUT2D eigenvalue weighted by Gasteiger charge is -2.35. The second-order valence-corrected chi connectivity index (χ2v) is 28.3. The summed E-state index contributed by atoms with van der Waals surface area (Å²) in [6.07, 6.45) is -0.928. The quantitative estimate of drug-likeness (QED) is 0.0199. The van der Waals surface area contributed by atoms with Crippen LogP contribution in [0, 0.1) is 17.8 Å². The van der Waals surface area contributed by atoms with Crippen molar-refractivity contribution in [3.63, 3.8) is 0 Å². The third-order valence-corrected chi connectivity index (χ3v) is 18.3. The van der Waals surface area contributed by atoms with Gasteiger partial charge in [0.15, 0.2) is 0 Å². The highest BCUT2D eigenvalue weighted by atomic mass is 16.4. The molecule has 0 radical (unpaired) electrons. The molecule has 0 aromatic rings. The number of aliphatic hydroxyl groups is 4. The van der Waals surface area contributed by atoms with E-state index in [1.807, 2.05) is 33.0 Å². The minimum absolute atomic E-state index is 0.00125. The van der Waals surface area contributed by atoms with Gasteiger partial charge in [-0.25, -0.2) is 0 Å². The van der Waals surface area contributed by atoms with Crippen LogP contribution in [0.15, 0.2) is 0 Å². The van der Waals surface area contributed by atoms with Crippen LogP contribution in [0.5, 0.6) is 0 Å². The Bertz CT molecular complexity index is 2930. The summed E-state index contributed by atoms with van der Waals surface area (Å²) in [5, 5.41) is 78.9. The lowest BCUT2D eigenvalue weighted by molar-refractivity contribution is -0.150. The van der Waals surface area contributed by atoms with Crippen LogP contribution in [0.2, 0.25) is 0 Å². The van der Waals surface area contributed by atoms with Gasteiger partial charge in [-0.2, -0.15) is 0 Å². The van der Waals surface area contributed by atoms with Gasteiger partial charge in [-0.3, -0.25) is 77.8 Å². The number of aliphatic hydroxyl groups excluding tert-OH is 4. The van der Waals surface area contributed by atoms with E-state index >= 15 is 0 Å². The Morgan fingerprint density at radius 1 is 0.404 bits per heavy atom. The molecule has 104 heavy (non-hydrogen) atoms. The van der Waals surface area contributed by atoms with Crippen LogP contribution >= 0.6 is 0 Å². The molecule has 590 valence electrons. The molecule has 4 heterocycles. The summed E-state index contributed by atoms with van der Waals surface area (Å²) in [6, 6.07) is -17.6. The Kier molecular flexibility index (Phi) is 37.1. The summed E-state index contributed by atoms with van der Waals surface area (Å²) in [5.74, 6) is -12.3. The fraction of sp³-hybridized carbons (Fsp3) is 0.785. The van der Waals surface area contributed by atoms with E-state index in [9.17, 15) is 87.5 Å². The number of carboxylic acid groups (broad SMARTS) is 1. The van der Waals surface area contributed by atoms with E-state index in [0.29, 0.717) is 25.7 Å². The van der Waals surface area contributed by atoms with E-state index in [1.165, 1.54) is 21.6 Å². The molecule has 4 rings (SSSR count). The first-order valence-electron chi connectivity index (χ1n) is 35.9. The Morgan fingerprint density at radius 2 is 0.760 bits per heavy atom. The fourth-order valence-corrected chi connectivity index (χ4v) is 13.1. The predicted octanol–water partition coefficient (Wildman–Crippen LogP) is -9.01. The average molecular weight is 1480 g/mol. The monoisotopic (exact) mass is 1480 g/mol. The lowest BCUT2D eigenvalue weighted by atomic mass is 10.00. The standard InChI is InChI=1S/C65H116N20O19/c1-33(2)26-37(66)51(92)77-41(28-35(5)6)60(101)82-22-11-18-47(82)59(100)81-50(36(7)89)63(104)85-25-13-19-48(85)62(103)84-24-12-17-46(84)57(98)76-40(27-34(3)4)55(96)80-44(32-88)61(102)83-23-10-16-45(83)58(99)79-43(31-87)56(97)75-38(14-8-20-71-64(67)68)53(94)74-39(15-9-21-72-65(69)70)54(95)78-42(30-86)52(93)73-29-49(90)91/h33-48,50,64-65,71-72,86-89H,8-32,66-70H2,1-7H3,(H,73,93)(H,74,94)(H,75,97)(H,76,98)(H,77,92)(H,78,95)(H,79,99)(H,80,96)(H,81,100)(H,90,91)/t36-,37+,38+,39+,40+,41+,42+,43+,44+,45+,46+,47+,48+,50+/m1/s1. The zero-order chi connectivity index (χ0) is 77.8. The molecular weight excluding hydrogens is 1360 g/mol. The van der Waals surface area contributed by atoms with Crippen LogP contribution in [0.1, 0.15) is 145 Å². The van der Waals surface area contributed by atoms with Gasteiger partial charge in [0.2, 0.25) is 76.8 Å². The zero-order valence-electron chi connectivity index (χ0n) is 60.8. The van der Waals surface area contributed by atoms with Gasteiger partial charge in [0.05, 0.1) is 32.0 Å². The minimum atomic E-state index is -1.78. The lowest BCUT2D eigenvalue weighted by Crippen LogP contribution is -2.61. The van der Waals surface area contributed by atoms with Gasteiger partial charge in [0.1, 0.15) is 91.6 Å². The molecule has 4 aliphatic heterocycles. The summed E-state index contributed by atoms with van der Waals surface area (Å²) in [7, 11) is 0. The fourth-order valence-electron chi connectivity index (χ4n) is 13.1. The van der Waals surface area contributed by atoms with Crippen molar-refractivity contribution in [2.45, 2.75) is 242 Å². The number of nitrogens with zero attached hydrogens (tertiary/aromatic N) is 4. The normalized spacial score (nSPS) is 20.4. The van der Waals surface area contributed by atoms with Crippen LogP contribution in [0.25, 0.3) is 0 Å². The Labute approximate surface area is 605 Å². The number of hydrogen-bond donors (Lipinski definition) is 21. The maximum Gasteiger partial charge on any atom is 0.322 e. The average Bonchev–Trinajstić information content (AvgIpc) is 1.61. The summed E-state index contributed by atoms with van der Waals surface area (Å²) in [6.45, 7) is 9.05. The van der Waals surface area contributed by atoms with Crippen LogP contribution in [0.4, 0.5) is 0 Å². The van der Waals surface area contributed by atoms with Crippen molar-refractivity contribution in [2.24, 2.45) is 46.4 Å². The number of carbonyl (C=O) groups excluding carboxylic acids is 13. The van der Waals surface area contributed by atoms with Crippen molar-refractivity contribution in [3.05, 3.63) is 0 Å². The van der Waals surface area contributed by atoms with E-state index in [-0.39, 0.29) is 128 Å². The van der Waals surface area contributed by atoms with Crippen molar-refractivity contribution in [1.82, 2.24) is 78.1 Å². The van der Waals surface area contributed by atoms with Crippen molar-refractivity contribution in [1.29, 1.82) is 0 Å². The molecule has 0 aromatic carbocycles. The maximum absolute atomic E-state index is 14.6. The number of hydrogen-bond acceptors (Lipinski definition) is 25. The van der Waals surface area contributed by atoms with E-state index in [0.717, 1.165) is 4.90 Å². The van der Waals surface area contributed by atoms with Crippen molar-refractivity contribution in [3.8, 4) is 0 Å². The maximum atomic E-state index is 14.6. The van der Waals surface area contributed by atoms with Gasteiger partial charge >= 0.3 is 5.97 Å². The van der Waals surface area contributed by atoms with Crippen molar-refractivity contribution < 1.29 is 92.7 Å². The minimum Gasteiger partial charge on any atom is -0.480 e. The topological polar surface area (TPSA) is 616 Å². The SMILES string of the molecule is CC(C)C[C@H](NC(=O)[C@@H]1CCCN1C(=O)[C@@H]1CCCN1C(=O)[C@@H](NC(=O)[C@@H]1CCCN1C(=O)[C@H](CC(C)C)NC(=O)[C@@H](N)CC(C)C)[C@@H](C)O)C(=O)N[C@@H](CO)C(=O)N1CCC[C@H]1C(=O)N[C@@H](CO)C(=O)N[C@@H](CCCNC(N)N)C(=O)N[C@@H](CCCNC(N)N)C(=O)N[C@@H](CO)C(=O)NCC(=O)O. The highest BCUT2D eigenvalue weighted by Gasteiger charge is 2.47. The second kappa shape index (κ2) is 43.6. The first kappa shape index (κ1) is 88.5. The first-order valence-corrected chi connectivity index (χ1v) is 35.9. The molecule has 4 fully saturated rings. The number of nitrogens with one attached hydrogen (secondary N) is 11. The van der Waals surface area contributed by atoms with Gasteiger partial charge in [-0.1, -0.05) is 41.5 Å². The van der Waals surface area contributed by atoms with Crippen LogP contribution in [-0.2, 0) is 67.1 Å². The first-order chi connectivity index (χ1) is 49.0. The molecule has 4 saturated heterocycles. The van der Waals surface area contributed by atoms with E-state index in [1.54, 1.807) is 13.8 Å². The van der Waals surface area contributed by atoms with Gasteiger partial charge in [0, 0.05) is 26.2 Å². The van der Waals surface area contributed by atoms with Crippen molar-refractivity contribution in [2.75, 3.05) is 65.6 Å². The molecule has 4 aliphatic rings. The van der Waals surface area contributed by atoms with Gasteiger partial charge < -0.3 is 122 Å². The highest BCUT2D eigenvalue weighted by Crippen LogP contribution is 2.28. The third-order valence-electron chi connectivity index (χ3n) is 18.3. The predicted molar refractivity (Wildman–Crippen MR) is 373 cm³/mol. The highest BCUT2D eigenvalue weighted by molar-refractivity contribution is 6.00. The van der Waals surface area contributed by atoms with Gasteiger partial charge in [-0.05, 0) is 134 Å². The molecule has 0 saturated carbocycles. The molecular formula is C65H116N20O19. The zero-order valence-corrected chi connectivity index (χ0v) is 60.8. The van der Waals surface area contributed by atoms with Crippen LogP contribution in [-0.4, -0.2) is 291 Å². The molecule has 39 heteroatoms. The number of likely N-dealkylation sites (tertiary alicyclic amines) is 4. The number of nitrogens with two attached hydrogens (primary N) is 5. The number of carboxylic acids is 1. The molecule has 14 atom stereocenters. The molecule has 0 unspecified atom stereocenters. The summed E-state index contributed by atoms with van der Waals surface area (Å²) >= 11 is 0. The number of amides is 13. The third kappa shape index (κ3) is 27.2. The van der Waals surface area contributed by atoms with Gasteiger partial charge in [0.25, 0.3) is 0 Å². The summed E-state index contributed by atoms with van der Waals surface area (Å²) in [5.41, 5.74) is 28.5. The Hall–Kier alpha value is -7.86. The molecule has 0 spiro atoms. The molecule has 26 N–H and O–H groups in total. The molecule has 0 bridgehead atoms. The molecule has 13 amide bonds. The Balaban J connectivity index is 1.45. The second-order valence-electron chi connectivity index (χ2n) is 28.3. The number of aliphatic carboxylic acids is 1. The smallest absolute Gasteiger partial charge is 0.322 e. The molecule has 0 aliphatic carbocycles. The summed E-state index contributed by atoms with van der Waals surface area (Å²) < 4.78 is 0. The van der Waals surface area contributed by atoms with Crippen LogP contribution < -0.4 is 87.2 Å². The largest absolute Gasteiger partial charge is 0.480 e. The van der Waals surface area contributed by atoms with E-state index < -0.39 is 206 Å². The Morgan fingerprint density at radius 3 is 1.20 bits per heavy atom. The molecule has 0 aromatic heterocycles.